The molecule has 0 rings (SSSR count). The molecule has 0 fully saturated rings. The highest BCUT2D eigenvalue weighted by atomic mass is 14.9. The first-order chi connectivity index (χ1) is 4.16. The monoisotopic (exact) mass is 127 g/mol. The summed E-state index contributed by atoms with van der Waals surface area (Å²) < 4.78 is 0. The van der Waals surface area contributed by atoms with E-state index in [9.17, 15) is 0 Å². The van der Waals surface area contributed by atoms with E-state index in [0.29, 0.717) is 5.82 Å². The van der Waals surface area contributed by atoms with Crippen LogP contribution in [0.1, 0.15) is 6.92 Å². The van der Waals surface area contributed by atoms with Gasteiger partial charge in [-0.1, -0.05) is 0 Å². The third kappa shape index (κ3) is 4.74. The maximum atomic E-state index is 5.37. The lowest BCUT2D eigenvalue weighted by atomic mass is 10.4. The average molecular weight is 127 g/mol. The van der Waals surface area contributed by atoms with Gasteiger partial charge in [0.05, 0.1) is 5.82 Å². The highest BCUT2D eigenvalue weighted by Gasteiger charge is 1.77. The first kappa shape index (κ1) is 7.88. The lowest BCUT2D eigenvalue weighted by Gasteiger charge is -1.94. The van der Waals surface area contributed by atoms with Crippen molar-refractivity contribution >= 4 is 0 Å². The molecule has 0 aromatic carbocycles. The van der Waals surface area contributed by atoms with Crippen LogP contribution < -0.4 is 16.8 Å². The molecule has 0 radical (unpaired) electrons. The van der Waals surface area contributed by atoms with E-state index >= 15 is 0 Å². The summed E-state index contributed by atoms with van der Waals surface area (Å²) in [6, 6.07) is 0. The third-order valence-corrected chi connectivity index (χ3v) is 0.814. The van der Waals surface area contributed by atoms with Crippen LogP contribution in [0.15, 0.2) is 23.7 Å². The van der Waals surface area contributed by atoms with Crippen molar-refractivity contribution in [3.8, 4) is 0 Å². The summed E-state index contributed by atoms with van der Waals surface area (Å²) in [6.07, 6.45) is 3.46. The predicted octanol–water partition coefficient (Wildman–Crippen LogP) is -0.132. The van der Waals surface area contributed by atoms with Gasteiger partial charge in [-0.2, -0.15) is 0 Å². The van der Waals surface area contributed by atoms with Gasteiger partial charge in [-0.3, -0.25) is 0 Å². The van der Waals surface area contributed by atoms with E-state index in [1.165, 1.54) is 0 Å². The number of allylic oxidation sites excluding steroid dienone is 3. The molecule has 0 amide bonds. The van der Waals surface area contributed by atoms with Crippen molar-refractivity contribution in [3.05, 3.63) is 23.7 Å². The van der Waals surface area contributed by atoms with E-state index in [2.05, 4.69) is 5.32 Å². The second-order valence-corrected chi connectivity index (χ2v) is 1.78. The molecule has 0 unspecified atom stereocenters. The molecule has 9 heavy (non-hydrogen) atoms. The van der Waals surface area contributed by atoms with Gasteiger partial charge in [0, 0.05) is 12.7 Å². The van der Waals surface area contributed by atoms with Gasteiger partial charge in [-0.25, -0.2) is 0 Å². The van der Waals surface area contributed by atoms with Gasteiger partial charge >= 0.3 is 0 Å². The molecule has 0 saturated heterocycles. The summed E-state index contributed by atoms with van der Waals surface area (Å²) >= 11 is 0. The zero-order chi connectivity index (χ0) is 7.28. The van der Waals surface area contributed by atoms with Crippen molar-refractivity contribution in [2.75, 3.05) is 7.05 Å². The minimum absolute atomic E-state index is 0.611. The average Bonchev–Trinajstić information content (AvgIpc) is 1.83. The Morgan fingerprint density at radius 3 is 2.22 bits per heavy atom. The van der Waals surface area contributed by atoms with E-state index in [4.69, 9.17) is 11.5 Å². The molecule has 0 atom stereocenters. The fourth-order valence-electron chi connectivity index (χ4n) is 0.305. The molecular formula is C6H13N3. The molecule has 0 spiro atoms. The summed E-state index contributed by atoms with van der Waals surface area (Å²) in [4.78, 5) is 0. The molecular weight excluding hydrogens is 114 g/mol. The number of hydrogen-bond acceptors (Lipinski definition) is 3. The second kappa shape index (κ2) is 3.83. The summed E-state index contributed by atoms with van der Waals surface area (Å²) in [5, 5.41) is 2.76. The van der Waals surface area contributed by atoms with Crippen molar-refractivity contribution in [1.29, 1.82) is 0 Å². The predicted molar refractivity (Wildman–Crippen MR) is 39.3 cm³/mol. The summed E-state index contributed by atoms with van der Waals surface area (Å²) in [5.74, 6) is 0.611. The second-order valence-electron chi connectivity index (χ2n) is 1.78. The van der Waals surface area contributed by atoms with E-state index in [1.54, 1.807) is 26.1 Å². The SMILES string of the molecule is CN/C(N)=C/C=C(/C)N. The van der Waals surface area contributed by atoms with E-state index < -0.39 is 0 Å². The van der Waals surface area contributed by atoms with Crippen molar-refractivity contribution in [2.45, 2.75) is 6.92 Å². The summed E-state index contributed by atoms with van der Waals surface area (Å²) in [5.41, 5.74) is 11.4. The fraction of sp³-hybridized carbons (Fsp3) is 0.333. The lowest BCUT2D eigenvalue weighted by Crippen LogP contribution is -2.13. The Bertz CT molecular complexity index is 131. The smallest absolute Gasteiger partial charge is 0.0958 e. The Balaban J connectivity index is 3.83. The van der Waals surface area contributed by atoms with Crippen LogP contribution in [0, 0.1) is 0 Å². The van der Waals surface area contributed by atoms with Crippen LogP contribution in [0.4, 0.5) is 0 Å². The van der Waals surface area contributed by atoms with Crippen molar-refractivity contribution in [2.24, 2.45) is 11.5 Å². The van der Waals surface area contributed by atoms with Gasteiger partial charge in [0.25, 0.3) is 0 Å². The molecule has 0 aliphatic carbocycles. The Hall–Kier alpha value is -1.12. The Kier molecular flexibility index (Phi) is 3.35. The minimum atomic E-state index is 0.611. The Labute approximate surface area is 55.4 Å². The number of nitrogens with one attached hydrogen (secondary N) is 1. The molecule has 3 heteroatoms. The first-order valence-electron chi connectivity index (χ1n) is 2.74. The van der Waals surface area contributed by atoms with E-state index in [0.717, 1.165) is 5.70 Å². The molecule has 0 aliphatic heterocycles. The number of hydrogen-bond donors (Lipinski definition) is 3. The quantitative estimate of drug-likeness (QED) is 0.453. The van der Waals surface area contributed by atoms with Gasteiger partial charge in [-0.15, -0.1) is 0 Å². The largest absolute Gasteiger partial charge is 0.402 e. The van der Waals surface area contributed by atoms with Crippen LogP contribution in [0.5, 0.6) is 0 Å². The molecule has 3 nitrogen and oxygen atoms in total. The van der Waals surface area contributed by atoms with Crippen LogP contribution >= 0.6 is 0 Å². The summed E-state index contributed by atoms with van der Waals surface area (Å²) in [7, 11) is 1.76. The van der Waals surface area contributed by atoms with Crippen molar-refractivity contribution < 1.29 is 0 Å². The fourth-order valence-corrected chi connectivity index (χ4v) is 0.305. The molecule has 0 aromatic rings. The lowest BCUT2D eigenvalue weighted by molar-refractivity contribution is 0.965. The minimum Gasteiger partial charge on any atom is -0.402 e. The number of nitrogens with two attached hydrogens (primary N) is 2. The zero-order valence-electron chi connectivity index (χ0n) is 5.81. The van der Waals surface area contributed by atoms with Gasteiger partial charge < -0.3 is 16.8 Å². The van der Waals surface area contributed by atoms with Crippen LogP contribution in [0.2, 0.25) is 0 Å². The highest BCUT2D eigenvalue weighted by molar-refractivity contribution is 5.11. The van der Waals surface area contributed by atoms with Crippen molar-refractivity contribution in [3.63, 3.8) is 0 Å². The zero-order valence-corrected chi connectivity index (χ0v) is 5.81. The maximum absolute atomic E-state index is 5.37. The van der Waals surface area contributed by atoms with Crippen LogP contribution in [0.25, 0.3) is 0 Å². The molecule has 0 saturated carbocycles. The topological polar surface area (TPSA) is 64.1 Å². The standard InChI is InChI=1S/C6H13N3/c1-5(7)3-4-6(8)9-2/h3-4,9H,7-8H2,1-2H3/b5-3-,6-4+. The summed E-state index contributed by atoms with van der Waals surface area (Å²) in [6.45, 7) is 1.80. The first-order valence-corrected chi connectivity index (χ1v) is 2.74. The van der Waals surface area contributed by atoms with Gasteiger partial charge in [0.1, 0.15) is 0 Å². The maximum Gasteiger partial charge on any atom is 0.0958 e. The normalized spacial score (nSPS) is 13.6. The van der Waals surface area contributed by atoms with E-state index in [-0.39, 0.29) is 0 Å². The van der Waals surface area contributed by atoms with Crippen LogP contribution in [-0.2, 0) is 0 Å². The highest BCUT2D eigenvalue weighted by Crippen LogP contribution is 1.82. The molecule has 52 valence electrons. The van der Waals surface area contributed by atoms with E-state index in [1.807, 2.05) is 0 Å². The third-order valence-electron chi connectivity index (χ3n) is 0.814. The molecule has 0 aliphatic rings. The van der Waals surface area contributed by atoms with Gasteiger partial charge in [-0.05, 0) is 19.1 Å². The van der Waals surface area contributed by atoms with Crippen LogP contribution in [0.3, 0.4) is 0 Å². The van der Waals surface area contributed by atoms with Gasteiger partial charge in [0.2, 0.25) is 0 Å². The number of rotatable bonds is 2. The molecule has 0 bridgehead atoms. The Morgan fingerprint density at radius 2 is 1.89 bits per heavy atom. The van der Waals surface area contributed by atoms with Crippen molar-refractivity contribution in [1.82, 2.24) is 5.32 Å². The molecule has 5 N–H and O–H groups in total. The molecule has 0 aromatic heterocycles. The Morgan fingerprint density at radius 1 is 1.33 bits per heavy atom. The van der Waals surface area contributed by atoms with Crippen LogP contribution in [-0.4, -0.2) is 7.05 Å². The molecule has 0 heterocycles. The van der Waals surface area contributed by atoms with Gasteiger partial charge in [0.15, 0.2) is 0 Å².